The highest BCUT2D eigenvalue weighted by Gasteiger charge is 2.48. The second-order valence-electron chi connectivity index (χ2n) is 3.78. The molecule has 3 N–H and O–H groups in total. The summed E-state index contributed by atoms with van der Waals surface area (Å²) in [6.45, 7) is 0. The van der Waals surface area contributed by atoms with E-state index in [-0.39, 0.29) is 6.42 Å². The minimum absolute atomic E-state index is 0.0539. The summed E-state index contributed by atoms with van der Waals surface area (Å²) in [4.78, 5) is 10.5. The number of benzene rings is 1. The van der Waals surface area contributed by atoms with Gasteiger partial charge in [-0.25, -0.2) is 0 Å². The maximum Gasteiger partial charge on any atom is 0.534 e. The molecule has 0 aliphatic carbocycles. The van der Waals surface area contributed by atoms with Crippen LogP contribution in [0.2, 0.25) is 0 Å². The highest BCUT2D eigenvalue weighted by molar-refractivity contribution is 7.87. The molecule has 10 heteroatoms. The van der Waals surface area contributed by atoms with Crippen LogP contribution in [0, 0.1) is 0 Å². The van der Waals surface area contributed by atoms with Gasteiger partial charge in [-0.15, -0.1) is 0 Å². The van der Waals surface area contributed by atoms with Crippen LogP contribution in [-0.4, -0.2) is 31.0 Å². The van der Waals surface area contributed by atoms with Gasteiger partial charge in [0.25, 0.3) is 0 Å². The van der Waals surface area contributed by atoms with E-state index in [4.69, 9.17) is 10.8 Å². The van der Waals surface area contributed by atoms with Crippen LogP contribution in [-0.2, 0) is 21.3 Å². The van der Waals surface area contributed by atoms with E-state index in [0.717, 1.165) is 12.1 Å². The zero-order valence-corrected chi connectivity index (χ0v) is 10.6. The molecule has 20 heavy (non-hydrogen) atoms. The van der Waals surface area contributed by atoms with Crippen LogP contribution < -0.4 is 9.92 Å². The molecule has 0 aliphatic rings. The molecule has 6 nitrogen and oxygen atoms in total. The Hall–Kier alpha value is -1.81. The summed E-state index contributed by atoms with van der Waals surface area (Å²) in [5, 5.41) is 8.59. The van der Waals surface area contributed by atoms with Crippen molar-refractivity contribution in [2.75, 3.05) is 0 Å². The average Bonchev–Trinajstić information content (AvgIpc) is 2.29. The Balaban J connectivity index is 2.80. The summed E-state index contributed by atoms with van der Waals surface area (Å²) in [5.41, 5.74) is 0.167. The molecule has 0 bridgehead atoms. The molecule has 1 atom stereocenters. The third-order valence-corrected chi connectivity index (χ3v) is 3.16. The number of halogens is 3. The van der Waals surface area contributed by atoms with Gasteiger partial charge in [-0.05, 0) is 24.1 Å². The molecule has 0 saturated heterocycles. The van der Waals surface area contributed by atoms with Crippen LogP contribution in [0.1, 0.15) is 5.56 Å². The van der Waals surface area contributed by atoms with Gasteiger partial charge in [-0.2, -0.15) is 21.6 Å². The fourth-order valence-electron chi connectivity index (χ4n) is 1.20. The summed E-state index contributed by atoms with van der Waals surface area (Å²) in [6.07, 6.45) is -0.0539. The number of carboxylic acids is 1. The Kier molecular flexibility index (Phi) is 4.61. The van der Waals surface area contributed by atoms with Gasteiger partial charge in [-0.1, -0.05) is 12.1 Å². The first-order valence-corrected chi connectivity index (χ1v) is 6.52. The number of hydrogen-bond acceptors (Lipinski definition) is 5. The molecule has 1 aromatic rings. The third-order valence-electron chi connectivity index (χ3n) is 2.19. The maximum atomic E-state index is 12.1. The molecule has 0 saturated carbocycles. The van der Waals surface area contributed by atoms with Crippen molar-refractivity contribution >= 4 is 16.1 Å². The molecule has 1 aromatic carbocycles. The smallest absolute Gasteiger partial charge is 0.480 e. The number of alkyl halides is 3. The van der Waals surface area contributed by atoms with Gasteiger partial charge in [0.2, 0.25) is 0 Å². The van der Waals surface area contributed by atoms with E-state index in [2.05, 4.69) is 4.18 Å². The Bertz CT molecular complexity index is 582. The molecular formula is C10H10F3NO5S. The van der Waals surface area contributed by atoms with Gasteiger partial charge < -0.3 is 15.0 Å². The molecule has 0 fully saturated rings. The zero-order chi connectivity index (χ0) is 15.6. The SMILES string of the molecule is NC(Cc1ccc(OS(=O)(=O)C(F)(F)F)cc1)C(=O)O. The van der Waals surface area contributed by atoms with E-state index in [0.29, 0.717) is 5.56 Å². The highest BCUT2D eigenvalue weighted by atomic mass is 32.2. The minimum atomic E-state index is -5.72. The fourth-order valence-corrected chi connectivity index (χ4v) is 1.66. The first-order chi connectivity index (χ1) is 9.03. The van der Waals surface area contributed by atoms with Gasteiger partial charge in [0.05, 0.1) is 0 Å². The van der Waals surface area contributed by atoms with Gasteiger partial charge in [0.15, 0.2) is 0 Å². The highest BCUT2D eigenvalue weighted by Crippen LogP contribution is 2.27. The molecule has 0 amide bonds. The standard InChI is InChI=1S/C10H10F3NO5S/c11-10(12,13)20(17,18)19-7-3-1-6(2-4-7)5-8(14)9(15)16/h1-4,8H,5,14H2,(H,15,16). The lowest BCUT2D eigenvalue weighted by Gasteiger charge is -2.10. The number of aliphatic carboxylic acids is 1. The minimum Gasteiger partial charge on any atom is -0.480 e. The van der Waals surface area contributed by atoms with Crippen LogP contribution >= 0.6 is 0 Å². The molecule has 0 aromatic heterocycles. The molecule has 0 radical (unpaired) electrons. The molecular weight excluding hydrogens is 303 g/mol. The van der Waals surface area contributed by atoms with E-state index >= 15 is 0 Å². The normalized spacial score (nSPS) is 13.8. The summed E-state index contributed by atoms with van der Waals surface area (Å²) in [7, 11) is -5.72. The van der Waals surface area contributed by atoms with Crippen LogP contribution in [0.25, 0.3) is 0 Å². The summed E-state index contributed by atoms with van der Waals surface area (Å²) >= 11 is 0. The van der Waals surface area contributed by atoms with Crippen molar-refractivity contribution in [3.63, 3.8) is 0 Å². The predicted octanol–water partition coefficient (Wildman–Crippen LogP) is 0.869. The quantitative estimate of drug-likeness (QED) is 0.617. The van der Waals surface area contributed by atoms with E-state index < -0.39 is 33.4 Å². The lowest BCUT2D eigenvalue weighted by molar-refractivity contribution is -0.138. The topological polar surface area (TPSA) is 107 Å². The Morgan fingerprint density at radius 1 is 1.30 bits per heavy atom. The molecule has 0 aliphatic heterocycles. The first-order valence-electron chi connectivity index (χ1n) is 5.11. The van der Waals surface area contributed by atoms with Crippen LogP contribution in [0.15, 0.2) is 24.3 Å². The largest absolute Gasteiger partial charge is 0.534 e. The van der Waals surface area contributed by atoms with Crippen molar-refractivity contribution in [2.24, 2.45) is 5.73 Å². The Morgan fingerprint density at radius 3 is 2.20 bits per heavy atom. The third kappa shape index (κ3) is 4.10. The summed E-state index contributed by atoms with van der Waals surface area (Å²) in [6, 6.07) is 3.25. The van der Waals surface area contributed by atoms with Gasteiger partial charge >= 0.3 is 21.6 Å². The number of nitrogens with two attached hydrogens (primary N) is 1. The molecule has 0 heterocycles. The van der Waals surface area contributed by atoms with E-state index in [1.165, 1.54) is 12.1 Å². The van der Waals surface area contributed by atoms with Crippen molar-refractivity contribution in [1.82, 2.24) is 0 Å². The molecule has 0 spiro atoms. The van der Waals surface area contributed by atoms with Crippen LogP contribution in [0.3, 0.4) is 0 Å². The molecule has 1 rings (SSSR count). The second kappa shape index (κ2) is 5.67. The Morgan fingerprint density at radius 2 is 1.80 bits per heavy atom. The van der Waals surface area contributed by atoms with Gasteiger partial charge in [0, 0.05) is 0 Å². The summed E-state index contributed by atoms with van der Waals surface area (Å²) < 4.78 is 61.5. The van der Waals surface area contributed by atoms with E-state index in [1.807, 2.05) is 0 Å². The predicted molar refractivity (Wildman–Crippen MR) is 61.4 cm³/mol. The molecule has 1 unspecified atom stereocenters. The first kappa shape index (κ1) is 16.2. The van der Waals surface area contributed by atoms with E-state index in [1.54, 1.807) is 0 Å². The van der Waals surface area contributed by atoms with Crippen molar-refractivity contribution in [3.8, 4) is 5.75 Å². The average molecular weight is 313 g/mol. The van der Waals surface area contributed by atoms with E-state index in [9.17, 15) is 26.4 Å². The lowest BCUT2D eigenvalue weighted by Crippen LogP contribution is -2.32. The fraction of sp³-hybridized carbons (Fsp3) is 0.300. The van der Waals surface area contributed by atoms with Crippen LogP contribution in [0.4, 0.5) is 13.2 Å². The number of carboxylic acid groups (broad SMARTS) is 1. The zero-order valence-electron chi connectivity index (χ0n) is 9.79. The number of carbonyl (C=O) groups is 1. The van der Waals surface area contributed by atoms with Crippen LogP contribution in [0.5, 0.6) is 5.75 Å². The Labute approximate surface area is 112 Å². The summed E-state index contributed by atoms with van der Waals surface area (Å²) in [5.74, 6) is -1.76. The van der Waals surface area contributed by atoms with Crippen molar-refractivity contribution in [3.05, 3.63) is 29.8 Å². The lowest BCUT2D eigenvalue weighted by atomic mass is 10.1. The second-order valence-corrected chi connectivity index (χ2v) is 5.31. The van der Waals surface area contributed by atoms with Crippen molar-refractivity contribution in [1.29, 1.82) is 0 Å². The monoisotopic (exact) mass is 313 g/mol. The van der Waals surface area contributed by atoms with Crippen molar-refractivity contribution < 1.29 is 35.7 Å². The van der Waals surface area contributed by atoms with Gasteiger partial charge in [0.1, 0.15) is 11.8 Å². The van der Waals surface area contributed by atoms with Crippen molar-refractivity contribution in [2.45, 2.75) is 18.0 Å². The molecule has 112 valence electrons. The van der Waals surface area contributed by atoms with Gasteiger partial charge in [-0.3, -0.25) is 4.79 Å². The number of hydrogen-bond donors (Lipinski definition) is 2. The maximum absolute atomic E-state index is 12.1. The number of rotatable bonds is 5.